The summed E-state index contributed by atoms with van der Waals surface area (Å²) in [6.07, 6.45) is 1.77. The summed E-state index contributed by atoms with van der Waals surface area (Å²) in [5.74, 6) is -1.01. The monoisotopic (exact) mass is 297 g/mol. The van der Waals surface area contributed by atoms with Crippen LogP contribution in [-0.2, 0) is 19.6 Å². The molecule has 1 aliphatic rings. The van der Waals surface area contributed by atoms with Gasteiger partial charge in [0.25, 0.3) is 0 Å². The summed E-state index contributed by atoms with van der Waals surface area (Å²) in [6, 6.07) is 7.18. The lowest BCUT2D eigenvalue weighted by Crippen LogP contribution is -2.35. The molecule has 0 amide bonds. The minimum absolute atomic E-state index is 0.442. The highest BCUT2D eigenvalue weighted by atomic mass is 32.2. The molecule has 1 fully saturated rings. The summed E-state index contributed by atoms with van der Waals surface area (Å²) in [5.41, 5.74) is 1.41. The molecule has 0 aliphatic heterocycles. The predicted molar refractivity (Wildman–Crippen MR) is 76.9 cm³/mol. The van der Waals surface area contributed by atoms with Crippen LogP contribution >= 0.6 is 0 Å². The van der Waals surface area contributed by atoms with Gasteiger partial charge in [0.2, 0.25) is 10.0 Å². The smallest absolute Gasteiger partial charge is 0.310 e. The molecule has 0 heterocycles. The van der Waals surface area contributed by atoms with Crippen LogP contribution < -0.4 is 4.72 Å². The van der Waals surface area contributed by atoms with Crippen molar-refractivity contribution in [3.63, 3.8) is 0 Å². The fourth-order valence-corrected chi connectivity index (χ4v) is 4.48. The lowest BCUT2D eigenvalue weighted by Gasteiger charge is -2.19. The van der Waals surface area contributed by atoms with Crippen LogP contribution in [0.25, 0.3) is 0 Å². The molecule has 0 aromatic heterocycles. The Bertz CT molecular complexity index is 597. The fourth-order valence-electron chi connectivity index (χ4n) is 2.63. The Morgan fingerprint density at radius 2 is 2.00 bits per heavy atom. The number of hydrogen-bond donors (Lipinski definition) is 1. The number of nitrogens with one attached hydrogen (secondary N) is 1. The van der Waals surface area contributed by atoms with E-state index in [-0.39, 0.29) is 0 Å². The van der Waals surface area contributed by atoms with E-state index in [1.807, 2.05) is 19.1 Å². The van der Waals surface area contributed by atoms with Gasteiger partial charge in [0, 0.05) is 0 Å². The summed E-state index contributed by atoms with van der Waals surface area (Å²) in [4.78, 5) is 11.7. The molecule has 1 aromatic carbocycles. The number of carbonyl (C=O) groups is 1. The number of carbonyl (C=O) groups excluding carboxylic acids is 1. The third-order valence-electron chi connectivity index (χ3n) is 3.75. The molecular formula is C14H19NO4S. The van der Waals surface area contributed by atoms with Crippen molar-refractivity contribution in [2.75, 3.05) is 11.8 Å². The van der Waals surface area contributed by atoms with Gasteiger partial charge in [-0.2, -0.15) is 0 Å². The van der Waals surface area contributed by atoms with Gasteiger partial charge in [-0.05, 0) is 31.4 Å². The molecule has 1 N–H and O–H groups in total. The Kier molecular flexibility index (Phi) is 4.32. The first-order valence-corrected chi connectivity index (χ1v) is 8.15. The predicted octanol–water partition coefficient (Wildman–Crippen LogP) is 2.08. The number of aryl methyl sites for hydroxylation is 1. The van der Waals surface area contributed by atoms with E-state index in [9.17, 15) is 13.2 Å². The van der Waals surface area contributed by atoms with Crippen molar-refractivity contribution in [1.82, 2.24) is 0 Å². The van der Waals surface area contributed by atoms with Crippen LogP contribution in [0.2, 0.25) is 0 Å². The molecule has 0 bridgehead atoms. The average Bonchev–Trinajstić information content (AvgIpc) is 2.90. The second-order valence-corrected chi connectivity index (χ2v) is 6.96. The summed E-state index contributed by atoms with van der Waals surface area (Å²) >= 11 is 0. The van der Waals surface area contributed by atoms with Crippen molar-refractivity contribution in [1.29, 1.82) is 0 Å². The zero-order chi connectivity index (χ0) is 14.8. The Labute approximate surface area is 119 Å². The molecule has 2 rings (SSSR count). The van der Waals surface area contributed by atoms with Gasteiger partial charge in [-0.3, -0.25) is 9.52 Å². The zero-order valence-corrected chi connectivity index (χ0v) is 12.4. The van der Waals surface area contributed by atoms with E-state index >= 15 is 0 Å². The first kappa shape index (κ1) is 14.8. The number of para-hydroxylation sites is 1. The number of ether oxygens (including phenoxy) is 1. The van der Waals surface area contributed by atoms with Crippen molar-refractivity contribution >= 4 is 21.7 Å². The van der Waals surface area contributed by atoms with Crippen LogP contribution in [0.1, 0.15) is 24.8 Å². The van der Waals surface area contributed by atoms with Crippen LogP contribution in [0.5, 0.6) is 0 Å². The number of hydrogen-bond acceptors (Lipinski definition) is 4. The molecule has 110 valence electrons. The zero-order valence-electron chi connectivity index (χ0n) is 11.6. The van der Waals surface area contributed by atoms with Crippen LogP contribution in [0.4, 0.5) is 5.69 Å². The number of anilines is 1. The quantitative estimate of drug-likeness (QED) is 0.864. The topological polar surface area (TPSA) is 72.5 Å². The van der Waals surface area contributed by atoms with Gasteiger partial charge >= 0.3 is 5.97 Å². The van der Waals surface area contributed by atoms with Crippen LogP contribution in [0, 0.1) is 12.8 Å². The van der Waals surface area contributed by atoms with Gasteiger partial charge < -0.3 is 4.74 Å². The van der Waals surface area contributed by atoms with E-state index < -0.39 is 27.2 Å². The van der Waals surface area contributed by atoms with E-state index in [2.05, 4.69) is 4.72 Å². The average molecular weight is 297 g/mol. The van der Waals surface area contributed by atoms with Gasteiger partial charge in [-0.1, -0.05) is 24.6 Å². The van der Waals surface area contributed by atoms with E-state index in [0.29, 0.717) is 18.5 Å². The van der Waals surface area contributed by atoms with Crippen molar-refractivity contribution in [2.24, 2.45) is 5.92 Å². The van der Waals surface area contributed by atoms with Crippen molar-refractivity contribution in [3.05, 3.63) is 29.8 Å². The van der Waals surface area contributed by atoms with Gasteiger partial charge in [-0.15, -0.1) is 0 Å². The molecule has 0 radical (unpaired) electrons. The Morgan fingerprint density at radius 3 is 2.65 bits per heavy atom. The molecule has 2 atom stereocenters. The third kappa shape index (κ3) is 2.95. The Balaban J connectivity index is 2.22. The van der Waals surface area contributed by atoms with E-state index in [0.717, 1.165) is 12.0 Å². The number of benzene rings is 1. The maximum atomic E-state index is 12.5. The second kappa shape index (κ2) is 5.83. The highest BCUT2D eigenvalue weighted by molar-refractivity contribution is 7.93. The Hall–Kier alpha value is -1.56. The van der Waals surface area contributed by atoms with Crippen LogP contribution in [0.3, 0.4) is 0 Å². The molecule has 20 heavy (non-hydrogen) atoms. The fraction of sp³-hybridized carbons (Fsp3) is 0.500. The van der Waals surface area contributed by atoms with Gasteiger partial charge in [0.15, 0.2) is 0 Å². The van der Waals surface area contributed by atoms with Crippen molar-refractivity contribution < 1.29 is 17.9 Å². The number of esters is 1. The molecule has 0 saturated heterocycles. The SMILES string of the molecule is COC(=O)C1CCCC1S(=O)(=O)Nc1ccccc1C. The maximum Gasteiger partial charge on any atom is 0.310 e. The summed E-state index contributed by atoms with van der Waals surface area (Å²) < 4.78 is 32.2. The standard InChI is InChI=1S/C14H19NO4S/c1-10-6-3-4-8-12(10)15-20(17,18)13-9-5-7-11(13)14(16)19-2/h3-4,6,8,11,13,15H,5,7,9H2,1-2H3. The maximum absolute atomic E-state index is 12.5. The minimum Gasteiger partial charge on any atom is -0.469 e. The van der Waals surface area contributed by atoms with Gasteiger partial charge in [0.05, 0.1) is 24.0 Å². The lowest BCUT2D eigenvalue weighted by atomic mass is 10.1. The summed E-state index contributed by atoms with van der Waals surface area (Å²) in [5, 5.41) is -0.713. The van der Waals surface area contributed by atoms with Crippen LogP contribution in [0.15, 0.2) is 24.3 Å². The van der Waals surface area contributed by atoms with Crippen LogP contribution in [-0.4, -0.2) is 26.7 Å². The molecular weight excluding hydrogens is 278 g/mol. The Morgan fingerprint density at radius 1 is 1.30 bits per heavy atom. The van der Waals surface area contributed by atoms with E-state index in [4.69, 9.17) is 4.74 Å². The largest absolute Gasteiger partial charge is 0.469 e. The van der Waals surface area contributed by atoms with Crippen molar-refractivity contribution in [3.8, 4) is 0 Å². The highest BCUT2D eigenvalue weighted by Crippen LogP contribution is 2.33. The summed E-state index contributed by atoms with van der Waals surface area (Å²) in [6.45, 7) is 1.84. The highest BCUT2D eigenvalue weighted by Gasteiger charge is 2.42. The lowest BCUT2D eigenvalue weighted by molar-refractivity contribution is -0.145. The number of sulfonamides is 1. The normalized spacial score (nSPS) is 22.5. The van der Waals surface area contributed by atoms with Gasteiger partial charge in [-0.25, -0.2) is 8.42 Å². The number of methoxy groups -OCH3 is 1. The first-order chi connectivity index (χ1) is 9.45. The third-order valence-corrected chi connectivity index (χ3v) is 5.62. The number of rotatable bonds is 4. The molecule has 1 aliphatic carbocycles. The minimum atomic E-state index is -3.59. The molecule has 5 nitrogen and oxygen atoms in total. The van der Waals surface area contributed by atoms with Gasteiger partial charge in [0.1, 0.15) is 0 Å². The van der Waals surface area contributed by atoms with E-state index in [1.54, 1.807) is 12.1 Å². The molecule has 2 unspecified atom stereocenters. The molecule has 1 aromatic rings. The molecule has 6 heteroatoms. The van der Waals surface area contributed by atoms with E-state index in [1.165, 1.54) is 7.11 Å². The first-order valence-electron chi connectivity index (χ1n) is 6.61. The second-order valence-electron chi connectivity index (χ2n) is 5.06. The summed E-state index contributed by atoms with van der Waals surface area (Å²) in [7, 11) is -2.30. The molecule has 0 spiro atoms. The molecule has 1 saturated carbocycles. The van der Waals surface area contributed by atoms with Crippen molar-refractivity contribution in [2.45, 2.75) is 31.4 Å².